The summed E-state index contributed by atoms with van der Waals surface area (Å²) in [7, 11) is 0. The van der Waals surface area contributed by atoms with Crippen LogP contribution < -0.4 is 0 Å². The molecular formula is C10H18O. The van der Waals surface area contributed by atoms with Crippen LogP contribution in [0.15, 0.2) is 0 Å². The Labute approximate surface area is 68.8 Å². The Bertz CT molecular complexity index is 181. The molecule has 0 heterocycles. The first kappa shape index (κ1) is 7.60. The first-order chi connectivity index (χ1) is 4.97. The highest BCUT2D eigenvalue weighted by Gasteiger charge is 2.58. The summed E-state index contributed by atoms with van der Waals surface area (Å²) in [5.41, 5.74) is 0.446. The van der Waals surface area contributed by atoms with E-state index < -0.39 is 0 Å². The maximum absolute atomic E-state index is 10.0. The second kappa shape index (κ2) is 1.82. The predicted octanol–water partition coefficient (Wildman–Crippen LogP) is 2.19. The Morgan fingerprint density at radius 2 is 1.91 bits per heavy atom. The van der Waals surface area contributed by atoms with Crippen LogP contribution in [-0.2, 0) is 0 Å². The average Bonchev–Trinajstić information content (AvgIpc) is 2.36. The molecule has 1 nitrogen and oxygen atoms in total. The van der Waals surface area contributed by atoms with Gasteiger partial charge < -0.3 is 5.11 Å². The first-order valence-electron chi connectivity index (χ1n) is 4.65. The summed E-state index contributed by atoms with van der Waals surface area (Å²) < 4.78 is 0. The lowest BCUT2D eigenvalue weighted by molar-refractivity contribution is -0.0340. The van der Waals surface area contributed by atoms with Gasteiger partial charge >= 0.3 is 0 Å². The predicted molar refractivity (Wildman–Crippen MR) is 45.2 cm³/mol. The zero-order valence-corrected chi connectivity index (χ0v) is 7.72. The topological polar surface area (TPSA) is 20.2 Å². The van der Waals surface area contributed by atoms with Crippen LogP contribution in [0.25, 0.3) is 0 Å². The van der Waals surface area contributed by atoms with E-state index in [1.54, 1.807) is 0 Å². The Hall–Kier alpha value is -0.0400. The van der Waals surface area contributed by atoms with Crippen LogP contribution in [0.1, 0.15) is 40.0 Å². The molecule has 0 aromatic carbocycles. The molecule has 2 saturated carbocycles. The number of hydrogen-bond donors (Lipinski definition) is 1. The third kappa shape index (κ3) is 0.752. The number of aliphatic hydroxyl groups excluding tert-OH is 1. The van der Waals surface area contributed by atoms with Crippen LogP contribution >= 0.6 is 0 Å². The van der Waals surface area contributed by atoms with Gasteiger partial charge in [0.1, 0.15) is 0 Å². The highest BCUT2D eigenvalue weighted by Crippen LogP contribution is 2.62. The van der Waals surface area contributed by atoms with Gasteiger partial charge in [0.05, 0.1) is 6.10 Å². The van der Waals surface area contributed by atoms with Gasteiger partial charge in [-0.15, -0.1) is 0 Å². The number of rotatable bonds is 0. The van der Waals surface area contributed by atoms with Crippen molar-refractivity contribution in [2.24, 2.45) is 16.7 Å². The molecule has 64 valence electrons. The molecule has 0 aromatic rings. The molecule has 2 fully saturated rings. The lowest BCUT2D eigenvalue weighted by Gasteiger charge is -2.38. The monoisotopic (exact) mass is 154 g/mol. The van der Waals surface area contributed by atoms with E-state index in [0.717, 1.165) is 5.92 Å². The van der Waals surface area contributed by atoms with Gasteiger partial charge in [-0.3, -0.25) is 0 Å². The molecule has 3 atom stereocenters. The number of fused-ring (bicyclic) bond motifs is 2. The van der Waals surface area contributed by atoms with Gasteiger partial charge in [0.15, 0.2) is 0 Å². The van der Waals surface area contributed by atoms with Crippen molar-refractivity contribution in [2.45, 2.75) is 46.1 Å². The molecule has 11 heavy (non-hydrogen) atoms. The van der Waals surface area contributed by atoms with Crippen LogP contribution in [0.2, 0.25) is 0 Å². The van der Waals surface area contributed by atoms with Gasteiger partial charge in [0.2, 0.25) is 0 Å². The second-order valence-corrected chi connectivity index (χ2v) is 5.32. The lowest BCUT2D eigenvalue weighted by atomic mass is 9.70. The highest BCUT2D eigenvalue weighted by atomic mass is 16.3. The highest BCUT2D eigenvalue weighted by molar-refractivity contribution is 5.08. The molecule has 0 amide bonds. The summed E-state index contributed by atoms with van der Waals surface area (Å²) in [6.45, 7) is 6.67. The van der Waals surface area contributed by atoms with Gasteiger partial charge in [-0.1, -0.05) is 20.8 Å². The van der Waals surface area contributed by atoms with Crippen molar-refractivity contribution in [2.75, 3.05) is 0 Å². The first-order valence-corrected chi connectivity index (χ1v) is 4.65. The van der Waals surface area contributed by atoms with E-state index >= 15 is 0 Å². The van der Waals surface area contributed by atoms with Crippen LogP contribution in [0, 0.1) is 16.7 Å². The molecule has 1 N–H and O–H groups in total. The zero-order valence-electron chi connectivity index (χ0n) is 7.72. The summed E-state index contributed by atoms with van der Waals surface area (Å²) in [4.78, 5) is 0. The van der Waals surface area contributed by atoms with E-state index in [-0.39, 0.29) is 16.9 Å². The smallest absolute Gasteiger partial charge is 0.0647 e. The minimum absolute atomic E-state index is 0.0613. The molecule has 2 aliphatic rings. The van der Waals surface area contributed by atoms with Crippen molar-refractivity contribution in [1.82, 2.24) is 0 Å². The Kier molecular flexibility index (Phi) is 1.26. The Morgan fingerprint density at radius 3 is 2.18 bits per heavy atom. The van der Waals surface area contributed by atoms with E-state index in [2.05, 4.69) is 20.8 Å². The minimum Gasteiger partial charge on any atom is -0.392 e. The molecule has 0 spiro atoms. The molecular weight excluding hydrogens is 136 g/mol. The van der Waals surface area contributed by atoms with E-state index in [4.69, 9.17) is 0 Å². The minimum atomic E-state index is -0.0613. The normalized spacial score (nSPS) is 53.5. The average molecular weight is 154 g/mol. The third-order valence-electron chi connectivity index (χ3n) is 4.19. The van der Waals surface area contributed by atoms with Crippen molar-refractivity contribution in [3.63, 3.8) is 0 Å². The van der Waals surface area contributed by atoms with Gasteiger partial charge in [-0.2, -0.15) is 0 Å². The summed E-state index contributed by atoms with van der Waals surface area (Å²) in [5, 5.41) is 10.0. The number of aliphatic hydroxyl groups is 1. The molecule has 1 heteroatoms. The van der Waals surface area contributed by atoms with Crippen LogP contribution in [0.3, 0.4) is 0 Å². The molecule has 2 bridgehead atoms. The molecule has 2 rings (SSSR count). The lowest BCUT2D eigenvalue weighted by Crippen LogP contribution is -2.39. The molecule has 0 aliphatic heterocycles. The summed E-state index contributed by atoms with van der Waals surface area (Å²) in [5.74, 6) is 0.780. The maximum atomic E-state index is 10.0. The summed E-state index contributed by atoms with van der Waals surface area (Å²) in [6, 6.07) is 0. The van der Waals surface area contributed by atoms with E-state index in [1.807, 2.05) is 0 Å². The molecule has 0 aromatic heterocycles. The van der Waals surface area contributed by atoms with Crippen LogP contribution in [0.5, 0.6) is 0 Å². The fourth-order valence-corrected chi connectivity index (χ4v) is 3.28. The van der Waals surface area contributed by atoms with Crippen molar-refractivity contribution >= 4 is 0 Å². The van der Waals surface area contributed by atoms with Crippen molar-refractivity contribution in [1.29, 1.82) is 0 Å². The Morgan fingerprint density at radius 1 is 1.27 bits per heavy atom. The second-order valence-electron chi connectivity index (χ2n) is 5.32. The summed E-state index contributed by atoms with van der Waals surface area (Å²) >= 11 is 0. The SMILES string of the molecule is CC1(C)C(O)[C@@]2(C)CC[C@@H]1C2. The summed E-state index contributed by atoms with van der Waals surface area (Å²) in [6.07, 6.45) is 3.76. The quantitative estimate of drug-likeness (QED) is 0.567. The maximum Gasteiger partial charge on any atom is 0.0647 e. The zero-order chi connectivity index (χ0) is 8.28. The fraction of sp³-hybridized carbons (Fsp3) is 1.00. The van der Waals surface area contributed by atoms with Gasteiger partial charge in [-0.25, -0.2) is 0 Å². The molecule has 2 aliphatic carbocycles. The van der Waals surface area contributed by atoms with Crippen molar-refractivity contribution in [3.05, 3.63) is 0 Å². The Balaban J connectivity index is 2.34. The van der Waals surface area contributed by atoms with Gasteiger partial charge in [0, 0.05) is 0 Å². The van der Waals surface area contributed by atoms with E-state index in [0.29, 0.717) is 0 Å². The van der Waals surface area contributed by atoms with E-state index in [1.165, 1.54) is 19.3 Å². The molecule has 0 radical (unpaired) electrons. The molecule has 1 unspecified atom stereocenters. The fourth-order valence-electron chi connectivity index (χ4n) is 3.28. The van der Waals surface area contributed by atoms with Gasteiger partial charge in [0.25, 0.3) is 0 Å². The van der Waals surface area contributed by atoms with Crippen LogP contribution in [-0.4, -0.2) is 11.2 Å². The standard InChI is InChI=1S/C10H18O/c1-9(2)7-4-5-10(3,6-7)8(9)11/h7-8,11H,4-6H2,1-3H3/t7-,8?,10+/m1/s1. The van der Waals surface area contributed by atoms with E-state index in [9.17, 15) is 5.11 Å². The number of hydrogen-bond acceptors (Lipinski definition) is 1. The van der Waals surface area contributed by atoms with Gasteiger partial charge in [-0.05, 0) is 36.0 Å². The third-order valence-corrected chi connectivity index (χ3v) is 4.19. The largest absolute Gasteiger partial charge is 0.392 e. The van der Waals surface area contributed by atoms with Crippen molar-refractivity contribution in [3.8, 4) is 0 Å². The van der Waals surface area contributed by atoms with Crippen LogP contribution in [0.4, 0.5) is 0 Å². The molecule has 0 saturated heterocycles. The van der Waals surface area contributed by atoms with Crippen molar-refractivity contribution < 1.29 is 5.11 Å².